The van der Waals surface area contributed by atoms with Crippen molar-refractivity contribution < 1.29 is 22.7 Å². The van der Waals surface area contributed by atoms with E-state index in [1.807, 2.05) is 0 Å². The zero-order chi connectivity index (χ0) is 21.9. The van der Waals surface area contributed by atoms with E-state index in [2.05, 4.69) is 19.2 Å². The van der Waals surface area contributed by atoms with Crippen LogP contribution in [0.1, 0.15) is 63.2 Å². The third-order valence-electron chi connectivity index (χ3n) is 5.92. The highest BCUT2D eigenvalue weighted by atomic mass is 32.2. The lowest BCUT2D eigenvalue weighted by Crippen LogP contribution is -2.42. The van der Waals surface area contributed by atoms with Gasteiger partial charge in [-0.2, -0.15) is 4.31 Å². The van der Waals surface area contributed by atoms with Gasteiger partial charge in [0.2, 0.25) is 10.0 Å². The van der Waals surface area contributed by atoms with E-state index in [0.717, 1.165) is 32.1 Å². The van der Waals surface area contributed by atoms with Crippen LogP contribution in [0.5, 0.6) is 0 Å². The monoisotopic (exact) mass is 436 g/mol. The van der Waals surface area contributed by atoms with Crippen molar-refractivity contribution in [1.29, 1.82) is 0 Å². The molecular formula is C22H32N2O5S. The lowest BCUT2D eigenvalue weighted by molar-refractivity contribution is -0.129. The molecule has 0 aromatic heterocycles. The summed E-state index contributed by atoms with van der Waals surface area (Å²) in [5.41, 5.74) is 0.217. The van der Waals surface area contributed by atoms with Gasteiger partial charge in [-0.1, -0.05) is 26.7 Å². The summed E-state index contributed by atoms with van der Waals surface area (Å²) in [6, 6.07) is 5.89. The molecule has 1 aromatic carbocycles. The first kappa shape index (κ1) is 22.7. The van der Waals surface area contributed by atoms with E-state index in [-0.39, 0.29) is 22.4 Å². The predicted molar refractivity (Wildman–Crippen MR) is 113 cm³/mol. The predicted octanol–water partition coefficient (Wildman–Crippen LogP) is 2.96. The maximum absolute atomic E-state index is 12.9. The van der Waals surface area contributed by atoms with Gasteiger partial charge in [0.25, 0.3) is 5.91 Å². The Bertz CT molecular complexity index is 852. The minimum atomic E-state index is -3.60. The molecule has 7 nitrogen and oxygen atoms in total. The number of amides is 1. The molecule has 2 aliphatic rings. The van der Waals surface area contributed by atoms with E-state index in [9.17, 15) is 18.0 Å². The number of nitrogens with one attached hydrogen (secondary N) is 1. The molecule has 1 saturated heterocycles. The fourth-order valence-electron chi connectivity index (χ4n) is 4.38. The first-order chi connectivity index (χ1) is 14.2. The van der Waals surface area contributed by atoms with E-state index in [1.54, 1.807) is 6.92 Å². The molecule has 0 radical (unpaired) electrons. The molecule has 30 heavy (non-hydrogen) atoms. The van der Waals surface area contributed by atoms with Crippen LogP contribution in [-0.2, 0) is 19.6 Å². The summed E-state index contributed by atoms with van der Waals surface area (Å²) in [6.07, 6.45) is 4.22. The van der Waals surface area contributed by atoms with Crippen LogP contribution >= 0.6 is 0 Å². The van der Waals surface area contributed by atoms with Crippen LogP contribution in [0.15, 0.2) is 29.2 Å². The average molecular weight is 437 g/mol. The first-order valence-corrected chi connectivity index (χ1v) is 12.2. The molecular weight excluding hydrogens is 404 g/mol. The van der Waals surface area contributed by atoms with Gasteiger partial charge in [0, 0.05) is 19.1 Å². The molecule has 1 heterocycles. The van der Waals surface area contributed by atoms with E-state index < -0.39 is 22.1 Å². The number of piperidine rings is 1. The SMILES string of the molecule is C[C@@H]1C[C@@H](C)CN(S(=O)(=O)c2ccc(C(=O)O[C@H](C)C(=O)NC3CCCC3)cc2)C1. The van der Waals surface area contributed by atoms with Crippen LogP contribution in [0, 0.1) is 11.8 Å². The summed E-state index contributed by atoms with van der Waals surface area (Å²) in [6.45, 7) is 6.66. The Morgan fingerprint density at radius 2 is 1.63 bits per heavy atom. The molecule has 3 rings (SSSR count). The third kappa shape index (κ3) is 5.40. The Hall–Kier alpha value is -1.93. The lowest BCUT2D eigenvalue weighted by Gasteiger charge is -2.34. The van der Waals surface area contributed by atoms with Crippen molar-refractivity contribution in [1.82, 2.24) is 9.62 Å². The van der Waals surface area contributed by atoms with Gasteiger partial charge in [-0.25, -0.2) is 13.2 Å². The van der Waals surface area contributed by atoms with Crippen LogP contribution in [0.4, 0.5) is 0 Å². The molecule has 0 bridgehead atoms. The Kier molecular flexibility index (Phi) is 7.18. The van der Waals surface area contributed by atoms with Gasteiger partial charge in [0.05, 0.1) is 10.5 Å². The smallest absolute Gasteiger partial charge is 0.338 e. The highest BCUT2D eigenvalue weighted by Crippen LogP contribution is 2.27. The molecule has 1 aliphatic carbocycles. The number of hydrogen-bond acceptors (Lipinski definition) is 5. The van der Waals surface area contributed by atoms with E-state index in [4.69, 9.17) is 4.74 Å². The van der Waals surface area contributed by atoms with Gasteiger partial charge in [0.1, 0.15) is 0 Å². The molecule has 1 amide bonds. The number of esters is 1. The Morgan fingerprint density at radius 3 is 2.20 bits per heavy atom. The Balaban J connectivity index is 1.61. The number of nitrogens with zero attached hydrogens (tertiary/aromatic N) is 1. The molecule has 0 spiro atoms. The molecule has 0 unspecified atom stereocenters. The second-order valence-corrected chi connectivity index (χ2v) is 10.8. The second-order valence-electron chi connectivity index (χ2n) is 8.83. The molecule has 166 valence electrons. The van der Waals surface area contributed by atoms with Crippen molar-refractivity contribution >= 4 is 21.9 Å². The topological polar surface area (TPSA) is 92.8 Å². The molecule has 3 atom stereocenters. The molecule has 1 saturated carbocycles. The fraction of sp³-hybridized carbons (Fsp3) is 0.636. The highest BCUT2D eigenvalue weighted by molar-refractivity contribution is 7.89. The van der Waals surface area contributed by atoms with E-state index >= 15 is 0 Å². The molecule has 1 aromatic rings. The summed E-state index contributed by atoms with van der Waals surface area (Å²) in [4.78, 5) is 24.7. The van der Waals surface area contributed by atoms with Crippen molar-refractivity contribution in [2.24, 2.45) is 11.8 Å². The third-order valence-corrected chi connectivity index (χ3v) is 7.76. The van der Waals surface area contributed by atoms with E-state index in [0.29, 0.717) is 24.9 Å². The summed E-state index contributed by atoms with van der Waals surface area (Å²) in [5, 5.41) is 2.91. The van der Waals surface area contributed by atoms with Crippen molar-refractivity contribution in [2.75, 3.05) is 13.1 Å². The largest absolute Gasteiger partial charge is 0.449 e. The number of carbonyl (C=O) groups is 2. The zero-order valence-electron chi connectivity index (χ0n) is 18.0. The number of benzene rings is 1. The maximum Gasteiger partial charge on any atom is 0.338 e. The summed E-state index contributed by atoms with van der Waals surface area (Å²) >= 11 is 0. The van der Waals surface area contributed by atoms with Crippen molar-refractivity contribution in [2.45, 2.75) is 69.9 Å². The van der Waals surface area contributed by atoms with Crippen molar-refractivity contribution in [3.63, 3.8) is 0 Å². The van der Waals surface area contributed by atoms with Crippen LogP contribution in [-0.4, -0.2) is 49.8 Å². The van der Waals surface area contributed by atoms with Crippen molar-refractivity contribution in [3.05, 3.63) is 29.8 Å². The van der Waals surface area contributed by atoms with Crippen LogP contribution in [0.25, 0.3) is 0 Å². The number of sulfonamides is 1. The van der Waals surface area contributed by atoms with E-state index in [1.165, 1.54) is 28.6 Å². The summed E-state index contributed by atoms with van der Waals surface area (Å²) in [7, 11) is -3.60. The van der Waals surface area contributed by atoms with Crippen LogP contribution in [0.2, 0.25) is 0 Å². The number of hydrogen-bond donors (Lipinski definition) is 1. The van der Waals surface area contributed by atoms with Crippen molar-refractivity contribution in [3.8, 4) is 0 Å². The van der Waals surface area contributed by atoms with Gasteiger partial charge in [-0.3, -0.25) is 4.79 Å². The van der Waals surface area contributed by atoms with Gasteiger partial charge in [-0.15, -0.1) is 0 Å². The van der Waals surface area contributed by atoms with Crippen LogP contribution in [0.3, 0.4) is 0 Å². The van der Waals surface area contributed by atoms with Gasteiger partial charge in [0.15, 0.2) is 6.10 Å². The highest BCUT2D eigenvalue weighted by Gasteiger charge is 2.32. The Labute approximate surface area is 179 Å². The standard InChI is InChI=1S/C22H32N2O5S/c1-15-12-16(2)14-24(13-15)30(27,28)20-10-8-18(9-11-20)22(26)29-17(3)21(25)23-19-6-4-5-7-19/h8-11,15-17,19H,4-7,12-14H2,1-3H3,(H,23,25)/t15-,16-,17-/m1/s1. The van der Waals surface area contributed by atoms with Gasteiger partial charge >= 0.3 is 5.97 Å². The summed E-state index contributed by atoms with van der Waals surface area (Å²) < 4.78 is 32.7. The van der Waals surface area contributed by atoms with Gasteiger partial charge in [-0.05, 0) is 62.3 Å². The fourth-order valence-corrected chi connectivity index (χ4v) is 6.06. The lowest BCUT2D eigenvalue weighted by atomic mass is 9.94. The molecule has 2 fully saturated rings. The zero-order valence-corrected chi connectivity index (χ0v) is 18.8. The van der Waals surface area contributed by atoms with Gasteiger partial charge < -0.3 is 10.1 Å². The molecule has 1 N–H and O–H groups in total. The number of ether oxygens (including phenoxy) is 1. The summed E-state index contributed by atoms with van der Waals surface area (Å²) in [5.74, 6) is -0.319. The quantitative estimate of drug-likeness (QED) is 0.692. The maximum atomic E-state index is 12.9. The average Bonchev–Trinajstić information content (AvgIpc) is 3.20. The number of rotatable bonds is 6. The minimum Gasteiger partial charge on any atom is -0.449 e. The second kappa shape index (κ2) is 9.47. The minimum absolute atomic E-state index is 0.156. The first-order valence-electron chi connectivity index (χ1n) is 10.8. The Morgan fingerprint density at radius 1 is 1.07 bits per heavy atom. The number of carbonyl (C=O) groups excluding carboxylic acids is 2. The normalized spacial score (nSPS) is 24.4. The van der Waals surface area contributed by atoms with Crippen LogP contribution < -0.4 is 5.32 Å². The molecule has 1 aliphatic heterocycles. The molecule has 8 heteroatoms.